The van der Waals surface area contributed by atoms with Gasteiger partial charge in [-0.25, -0.2) is 4.79 Å². The van der Waals surface area contributed by atoms with Gasteiger partial charge in [0.2, 0.25) is 0 Å². The van der Waals surface area contributed by atoms with Crippen molar-refractivity contribution in [1.82, 2.24) is 16.1 Å². The van der Waals surface area contributed by atoms with Gasteiger partial charge in [0.05, 0.1) is 0 Å². The maximum absolute atomic E-state index is 11.0. The van der Waals surface area contributed by atoms with Crippen molar-refractivity contribution in [3.63, 3.8) is 0 Å². The molecule has 0 bridgehead atoms. The number of aliphatic imine (C=N–C) groups is 1. The van der Waals surface area contributed by atoms with Crippen molar-refractivity contribution in [2.24, 2.45) is 4.99 Å². The zero-order valence-electron chi connectivity index (χ0n) is 12.5. The van der Waals surface area contributed by atoms with Crippen molar-refractivity contribution < 1.29 is 24.6 Å². The summed E-state index contributed by atoms with van der Waals surface area (Å²) in [5.41, 5.74) is 1.92. The number of hydrogen-bond acceptors (Lipinski definition) is 6. The fourth-order valence-corrected chi connectivity index (χ4v) is 1.34. The molecule has 0 spiro atoms. The number of carbonyl (C=O) groups is 2. The molecule has 0 aliphatic heterocycles. The number of carboxylic acids is 1. The summed E-state index contributed by atoms with van der Waals surface area (Å²) >= 11 is 0. The molecule has 0 heterocycles. The lowest BCUT2D eigenvalue weighted by molar-refractivity contribution is -0.140. The van der Waals surface area contributed by atoms with Gasteiger partial charge >= 0.3 is 12.1 Å². The van der Waals surface area contributed by atoms with Gasteiger partial charge in [0.25, 0.3) is 0 Å². The van der Waals surface area contributed by atoms with Crippen molar-refractivity contribution in [2.45, 2.75) is 32.2 Å². The number of nitrogens with zero attached hydrogens (tertiary/aromatic N) is 1. The van der Waals surface area contributed by atoms with Crippen molar-refractivity contribution in [3.8, 4) is 0 Å². The standard InChI is InChI=1S/C11H22N4O5.2ClH/c1-8(15-19)13-6-4-3-5-9(10(16)17)14-7-20-11(18)12-2;;/h9,14,19H,3-7H2,1-2H3,(H,12,18)(H,13,15)(H,16,17);2*1H/t9-;;/m0../s1. The quantitative estimate of drug-likeness (QED) is 0.134. The Morgan fingerprint density at radius 3 is 2.41 bits per heavy atom. The van der Waals surface area contributed by atoms with Gasteiger partial charge in [0, 0.05) is 13.6 Å². The number of unbranched alkanes of at least 4 members (excludes halogenated alkanes) is 1. The van der Waals surface area contributed by atoms with Crippen molar-refractivity contribution in [1.29, 1.82) is 0 Å². The summed E-state index contributed by atoms with van der Waals surface area (Å²) in [4.78, 5) is 25.8. The van der Waals surface area contributed by atoms with Crippen LogP contribution in [0, 0.1) is 0 Å². The topological polar surface area (TPSA) is 132 Å². The van der Waals surface area contributed by atoms with Gasteiger partial charge < -0.3 is 15.2 Å². The second kappa shape index (κ2) is 16.1. The van der Waals surface area contributed by atoms with E-state index in [4.69, 9.17) is 10.3 Å². The Bertz CT molecular complexity index is 344. The van der Waals surface area contributed by atoms with Crippen LogP contribution >= 0.6 is 24.8 Å². The number of nitrogens with one attached hydrogen (secondary N) is 3. The van der Waals surface area contributed by atoms with Gasteiger partial charge in [0.1, 0.15) is 18.6 Å². The lowest BCUT2D eigenvalue weighted by atomic mass is 10.1. The number of aliphatic carboxylic acids is 1. The molecule has 0 aliphatic carbocycles. The Kier molecular flexibility index (Phi) is 18.8. The second-order valence-electron chi connectivity index (χ2n) is 4.00. The van der Waals surface area contributed by atoms with E-state index >= 15 is 0 Å². The summed E-state index contributed by atoms with van der Waals surface area (Å²) < 4.78 is 4.66. The van der Waals surface area contributed by atoms with Crippen LogP contribution in [0.25, 0.3) is 0 Å². The SMILES string of the molecule is CNC(=O)OCN[C@@H](CCCCN=C(C)NO)C(=O)O.Cl.Cl. The highest BCUT2D eigenvalue weighted by Crippen LogP contribution is 2.02. The maximum atomic E-state index is 11.0. The summed E-state index contributed by atoms with van der Waals surface area (Å²) in [6, 6.07) is -0.777. The molecule has 0 aromatic rings. The van der Waals surface area contributed by atoms with Gasteiger partial charge in [-0.1, -0.05) is 0 Å². The minimum atomic E-state index is -0.998. The van der Waals surface area contributed by atoms with Crippen LogP contribution in [-0.2, 0) is 9.53 Å². The average molecular weight is 363 g/mol. The van der Waals surface area contributed by atoms with Gasteiger partial charge in [-0.2, -0.15) is 0 Å². The third-order valence-electron chi connectivity index (χ3n) is 2.45. The molecule has 22 heavy (non-hydrogen) atoms. The molecule has 11 heteroatoms. The van der Waals surface area contributed by atoms with Crippen LogP contribution in [0.1, 0.15) is 26.2 Å². The predicted octanol–water partition coefficient (Wildman–Crippen LogP) is 0.754. The summed E-state index contributed by atoms with van der Waals surface area (Å²) in [6.45, 7) is 1.96. The minimum Gasteiger partial charge on any atom is -0.480 e. The van der Waals surface area contributed by atoms with E-state index < -0.39 is 18.1 Å². The summed E-state index contributed by atoms with van der Waals surface area (Å²) in [5, 5.41) is 22.4. The molecular weight excluding hydrogens is 339 g/mol. The minimum absolute atomic E-state index is 0. The van der Waals surface area contributed by atoms with E-state index in [1.165, 1.54) is 7.05 Å². The smallest absolute Gasteiger partial charge is 0.408 e. The van der Waals surface area contributed by atoms with E-state index in [0.717, 1.165) is 0 Å². The number of ether oxygens (including phenoxy) is 1. The zero-order chi connectivity index (χ0) is 15.4. The van der Waals surface area contributed by atoms with Crippen LogP contribution in [0.5, 0.6) is 0 Å². The number of amidine groups is 1. The van der Waals surface area contributed by atoms with Crippen molar-refractivity contribution in [3.05, 3.63) is 0 Å². The van der Waals surface area contributed by atoms with E-state index in [0.29, 0.717) is 31.6 Å². The van der Waals surface area contributed by atoms with Crippen LogP contribution in [0.3, 0.4) is 0 Å². The molecule has 1 atom stereocenters. The fraction of sp³-hybridized carbons (Fsp3) is 0.727. The Hall–Kier alpha value is -1.29. The molecule has 0 fully saturated rings. The first-order valence-electron chi connectivity index (χ1n) is 6.23. The number of carboxylic acid groups (broad SMARTS) is 1. The van der Waals surface area contributed by atoms with Gasteiger partial charge in [-0.3, -0.25) is 25.8 Å². The van der Waals surface area contributed by atoms with Crippen molar-refractivity contribution in [2.75, 3.05) is 20.3 Å². The summed E-state index contributed by atoms with van der Waals surface area (Å²) in [6.07, 6.45) is 1.11. The predicted molar refractivity (Wildman–Crippen MR) is 86.2 cm³/mol. The van der Waals surface area contributed by atoms with E-state index in [1.807, 2.05) is 5.48 Å². The number of alkyl carbamates (subject to hydrolysis) is 1. The number of rotatable bonds is 9. The van der Waals surface area contributed by atoms with Crippen LogP contribution < -0.4 is 16.1 Å². The van der Waals surface area contributed by atoms with Gasteiger partial charge in [-0.15, -0.1) is 24.8 Å². The van der Waals surface area contributed by atoms with Crippen LogP contribution in [-0.4, -0.2) is 54.6 Å². The Balaban J connectivity index is -0.00000180. The third-order valence-corrected chi connectivity index (χ3v) is 2.45. The van der Waals surface area contributed by atoms with Gasteiger partial charge in [-0.05, 0) is 26.2 Å². The molecule has 0 saturated carbocycles. The average Bonchev–Trinajstić information content (AvgIpc) is 2.43. The number of hydroxylamine groups is 1. The van der Waals surface area contributed by atoms with E-state index in [9.17, 15) is 9.59 Å². The molecular formula is C11H24Cl2N4O5. The summed E-state index contributed by atoms with van der Waals surface area (Å²) in [5.74, 6) is -0.584. The molecule has 9 nitrogen and oxygen atoms in total. The van der Waals surface area contributed by atoms with E-state index in [1.54, 1.807) is 6.92 Å². The molecule has 0 unspecified atom stereocenters. The normalized spacial score (nSPS) is 11.5. The van der Waals surface area contributed by atoms with Crippen molar-refractivity contribution >= 4 is 42.7 Å². The number of amides is 1. The molecule has 0 aliphatic rings. The lowest BCUT2D eigenvalue weighted by Gasteiger charge is -2.14. The highest BCUT2D eigenvalue weighted by molar-refractivity contribution is 5.85. The zero-order valence-corrected chi connectivity index (χ0v) is 14.1. The molecule has 0 radical (unpaired) electrons. The Labute approximate surface area is 141 Å². The molecule has 0 aromatic heterocycles. The van der Waals surface area contributed by atoms with E-state index in [-0.39, 0.29) is 31.5 Å². The van der Waals surface area contributed by atoms with Crippen LogP contribution in [0.2, 0.25) is 0 Å². The third kappa shape index (κ3) is 13.7. The van der Waals surface area contributed by atoms with Gasteiger partial charge in [0.15, 0.2) is 0 Å². The Morgan fingerprint density at radius 2 is 1.91 bits per heavy atom. The lowest BCUT2D eigenvalue weighted by Crippen LogP contribution is -2.39. The Morgan fingerprint density at radius 1 is 1.27 bits per heavy atom. The fourth-order valence-electron chi connectivity index (χ4n) is 1.34. The highest BCUT2D eigenvalue weighted by Gasteiger charge is 2.16. The summed E-state index contributed by atoms with van der Waals surface area (Å²) in [7, 11) is 1.42. The first-order valence-corrected chi connectivity index (χ1v) is 6.23. The number of hydrogen-bond donors (Lipinski definition) is 5. The maximum Gasteiger partial charge on any atom is 0.408 e. The largest absolute Gasteiger partial charge is 0.480 e. The number of carbonyl (C=O) groups excluding carboxylic acids is 1. The number of halogens is 2. The molecule has 1 amide bonds. The second-order valence-corrected chi connectivity index (χ2v) is 4.00. The van der Waals surface area contributed by atoms with Crippen LogP contribution in [0.4, 0.5) is 4.79 Å². The first-order chi connectivity index (χ1) is 9.51. The molecule has 132 valence electrons. The first kappa shape index (κ1) is 25.7. The molecule has 5 N–H and O–H groups in total. The molecule has 0 rings (SSSR count). The molecule has 0 saturated heterocycles. The highest BCUT2D eigenvalue weighted by atomic mass is 35.5. The van der Waals surface area contributed by atoms with E-state index in [2.05, 4.69) is 20.4 Å². The monoisotopic (exact) mass is 362 g/mol. The molecule has 0 aromatic carbocycles. The van der Waals surface area contributed by atoms with Crippen LogP contribution in [0.15, 0.2) is 4.99 Å².